The van der Waals surface area contributed by atoms with Crippen LogP contribution in [0.3, 0.4) is 0 Å². The van der Waals surface area contributed by atoms with Gasteiger partial charge in [-0.1, -0.05) is 36.4 Å². The van der Waals surface area contributed by atoms with Gasteiger partial charge in [-0.3, -0.25) is 0 Å². The zero-order chi connectivity index (χ0) is 17.8. The fraction of sp³-hybridized carbons (Fsp3) is 0.143. The molecule has 2 aromatic heterocycles. The van der Waals surface area contributed by atoms with Crippen molar-refractivity contribution in [1.29, 1.82) is 0 Å². The van der Waals surface area contributed by atoms with Gasteiger partial charge in [0.1, 0.15) is 18.2 Å². The minimum Gasteiger partial charge on any atom is -0.492 e. The molecule has 2 heterocycles. The predicted octanol–water partition coefficient (Wildman–Crippen LogP) is 5.16. The summed E-state index contributed by atoms with van der Waals surface area (Å²) in [4.78, 5) is 9.27. The molecule has 0 saturated carbocycles. The quantitative estimate of drug-likeness (QED) is 0.482. The van der Waals surface area contributed by atoms with Gasteiger partial charge in [-0.05, 0) is 25.1 Å². The van der Waals surface area contributed by atoms with Crippen molar-refractivity contribution < 1.29 is 4.74 Å². The van der Waals surface area contributed by atoms with E-state index in [1.807, 2.05) is 49.5 Å². The molecule has 0 radical (unpaired) electrons. The lowest BCUT2D eigenvalue weighted by Gasteiger charge is -2.11. The van der Waals surface area contributed by atoms with Gasteiger partial charge < -0.3 is 10.1 Å². The van der Waals surface area contributed by atoms with Crippen molar-refractivity contribution in [1.82, 2.24) is 9.97 Å². The number of hydrogen-bond acceptors (Lipinski definition) is 5. The fourth-order valence-corrected chi connectivity index (χ4v) is 3.70. The van der Waals surface area contributed by atoms with Crippen molar-refractivity contribution >= 4 is 27.2 Å². The Bertz CT molecular complexity index is 1010. The average Bonchev–Trinajstić information content (AvgIpc) is 3.11. The van der Waals surface area contributed by atoms with Gasteiger partial charge in [0.15, 0.2) is 5.82 Å². The minimum atomic E-state index is 0.574. The molecule has 4 nitrogen and oxygen atoms in total. The summed E-state index contributed by atoms with van der Waals surface area (Å²) >= 11 is 1.72. The molecule has 2 aromatic carbocycles. The third-order valence-electron chi connectivity index (χ3n) is 4.10. The molecular formula is C21H19N3OS. The zero-order valence-electron chi connectivity index (χ0n) is 14.5. The Balaban J connectivity index is 1.48. The van der Waals surface area contributed by atoms with E-state index in [-0.39, 0.29) is 0 Å². The average molecular weight is 361 g/mol. The van der Waals surface area contributed by atoms with Gasteiger partial charge in [0.2, 0.25) is 0 Å². The van der Waals surface area contributed by atoms with E-state index >= 15 is 0 Å². The number of ether oxygens (including phenoxy) is 1. The Labute approximate surface area is 156 Å². The van der Waals surface area contributed by atoms with E-state index in [9.17, 15) is 0 Å². The maximum Gasteiger partial charge on any atom is 0.162 e. The molecule has 130 valence electrons. The summed E-state index contributed by atoms with van der Waals surface area (Å²) in [7, 11) is 0. The molecule has 0 saturated heterocycles. The number of hydrogen-bond donors (Lipinski definition) is 1. The Morgan fingerprint density at radius 2 is 1.85 bits per heavy atom. The Kier molecular flexibility index (Phi) is 4.80. The van der Waals surface area contributed by atoms with Gasteiger partial charge in [0.05, 0.1) is 6.54 Å². The first-order chi connectivity index (χ1) is 12.8. The van der Waals surface area contributed by atoms with Crippen molar-refractivity contribution in [2.75, 3.05) is 18.5 Å². The number of para-hydroxylation sites is 1. The highest BCUT2D eigenvalue weighted by atomic mass is 32.1. The maximum absolute atomic E-state index is 5.72. The van der Waals surface area contributed by atoms with E-state index in [0.29, 0.717) is 13.2 Å². The Hall–Kier alpha value is -2.92. The van der Waals surface area contributed by atoms with Crippen LogP contribution in [-0.4, -0.2) is 23.1 Å². The molecular weight excluding hydrogens is 342 g/mol. The number of fused-ring (bicyclic) bond motifs is 1. The van der Waals surface area contributed by atoms with Gasteiger partial charge in [-0.15, -0.1) is 11.3 Å². The highest BCUT2D eigenvalue weighted by Crippen LogP contribution is 2.32. The number of aryl methyl sites for hydroxylation is 1. The van der Waals surface area contributed by atoms with Crippen molar-refractivity contribution in [2.45, 2.75) is 6.92 Å². The maximum atomic E-state index is 5.72. The molecule has 5 heteroatoms. The van der Waals surface area contributed by atoms with Crippen LogP contribution in [0.2, 0.25) is 0 Å². The lowest BCUT2D eigenvalue weighted by molar-refractivity contribution is 0.332. The molecule has 4 rings (SSSR count). The smallest absolute Gasteiger partial charge is 0.162 e. The van der Waals surface area contributed by atoms with E-state index in [1.165, 1.54) is 10.1 Å². The second-order valence-corrected chi connectivity index (χ2v) is 6.87. The van der Waals surface area contributed by atoms with Crippen molar-refractivity contribution in [3.8, 4) is 17.1 Å². The molecule has 0 amide bonds. The first-order valence-electron chi connectivity index (χ1n) is 8.53. The summed E-state index contributed by atoms with van der Waals surface area (Å²) < 4.78 is 6.97. The third kappa shape index (κ3) is 3.53. The van der Waals surface area contributed by atoms with Crippen LogP contribution < -0.4 is 10.1 Å². The predicted molar refractivity (Wildman–Crippen MR) is 108 cm³/mol. The highest BCUT2D eigenvalue weighted by molar-refractivity contribution is 7.17. The van der Waals surface area contributed by atoms with E-state index in [1.54, 1.807) is 11.3 Å². The summed E-state index contributed by atoms with van der Waals surface area (Å²) in [6.07, 6.45) is 1.87. The Morgan fingerprint density at radius 3 is 2.73 bits per heavy atom. The van der Waals surface area contributed by atoms with Gasteiger partial charge in [-0.25, -0.2) is 9.97 Å². The summed E-state index contributed by atoms with van der Waals surface area (Å²) in [6, 6.07) is 18.2. The number of aromatic nitrogens is 2. The van der Waals surface area contributed by atoms with Crippen LogP contribution in [0.25, 0.3) is 21.5 Å². The molecule has 0 spiro atoms. The lowest BCUT2D eigenvalue weighted by atomic mass is 10.1. The first kappa shape index (κ1) is 16.5. The number of benzene rings is 2. The lowest BCUT2D eigenvalue weighted by Crippen LogP contribution is -2.13. The van der Waals surface area contributed by atoms with E-state index in [2.05, 4.69) is 33.9 Å². The molecule has 4 aromatic rings. The van der Waals surface area contributed by atoms with Gasteiger partial charge in [0, 0.05) is 32.8 Å². The molecule has 26 heavy (non-hydrogen) atoms. The minimum absolute atomic E-state index is 0.574. The highest BCUT2D eigenvalue weighted by Gasteiger charge is 2.10. The second-order valence-electron chi connectivity index (χ2n) is 5.96. The fourth-order valence-electron chi connectivity index (χ4n) is 2.76. The SMILES string of the molecule is Cc1cnc(-c2csc3ccccc23)nc1NCCOc1ccccc1. The summed E-state index contributed by atoms with van der Waals surface area (Å²) in [5.74, 6) is 2.47. The molecule has 0 aliphatic carbocycles. The zero-order valence-corrected chi connectivity index (χ0v) is 15.3. The summed E-state index contributed by atoms with van der Waals surface area (Å²) in [5.41, 5.74) is 2.10. The van der Waals surface area contributed by atoms with Crippen LogP contribution in [0, 0.1) is 6.92 Å². The van der Waals surface area contributed by atoms with Crippen molar-refractivity contribution in [3.63, 3.8) is 0 Å². The topological polar surface area (TPSA) is 47.0 Å². The number of nitrogens with one attached hydrogen (secondary N) is 1. The molecule has 0 fully saturated rings. The molecule has 0 aliphatic rings. The Morgan fingerprint density at radius 1 is 1.04 bits per heavy atom. The van der Waals surface area contributed by atoms with Crippen LogP contribution >= 0.6 is 11.3 Å². The van der Waals surface area contributed by atoms with Crippen LogP contribution in [0.1, 0.15) is 5.56 Å². The number of nitrogens with zero attached hydrogens (tertiary/aromatic N) is 2. The molecule has 0 aliphatic heterocycles. The van der Waals surface area contributed by atoms with E-state index < -0.39 is 0 Å². The molecule has 0 unspecified atom stereocenters. The number of thiophene rings is 1. The summed E-state index contributed by atoms with van der Waals surface area (Å²) in [6.45, 7) is 3.26. The largest absolute Gasteiger partial charge is 0.492 e. The standard InChI is InChI=1S/C21H19N3OS/c1-15-13-23-21(18-14-26-19-10-6-5-9-17(18)19)24-20(15)22-11-12-25-16-7-3-2-4-8-16/h2-10,13-14H,11-12H2,1H3,(H,22,23,24). The monoisotopic (exact) mass is 361 g/mol. The second kappa shape index (κ2) is 7.54. The van der Waals surface area contributed by atoms with Crippen LogP contribution in [0.5, 0.6) is 5.75 Å². The molecule has 1 N–H and O–H groups in total. The van der Waals surface area contributed by atoms with Crippen LogP contribution in [-0.2, 0) is 0 Å². The van der Waals surface area contributed by atoms with Gasteiger partial charge in [-0.2, -0.15) is 0 Å². The van der Waals surface area contributed by atoms with Crippen molar-refractivity contribution in [3.05, 3.63) is 71.7 Å². The van der Waals surface area contributed by atoms with E-state index in [4.69, 9.17) is 9.72 Å². The van der Waals surface area contributed by atoms with Gasteiger partial charge >= 0.3 is 0 Å². The van der Waals surface area contributed by atoms with Crippen molar-refractivity contribution in [2.24, 2.45) is 0 Å². The van der Waals surface area contributed by atoms with Crippen LogP contribution in [0.15, 0.2) is 66.2 Å². The summed E-state index contributed by atoms with van der Waals surface area (Å²) in [5, 5.41) is 6.68. The third-order valence-corrected chi connectivity index (χ3v) is 5.06. The van der Waals surface area contributed by atoms with Crippen LogP contribution in [0.4, 0.5) is 5.82 Å². The number of anilines is 1. The van der Waals surface area contributed by atoms with Gasteiger partial charge in [0.25, 0.3) is 0 Å². The molecule has 0 bridgehead atoms. The molecule has 0 atom stereocenters. The normalized spacial score (nSPS) is 10.8. The van der Waals surface area contributed by atoms with E-state index in [0.717, 1.165) is 28.5 Å². The first-order valence-corrected chi connectivity index (χ1v) is 9.41. The number of rotatable bonds is 6.